The number of fused-ring (bicyclic) bond motifs is 1. The van der Waals surface area contributed by atoms with E-state index >= 15 is 0 Å². The molecule has 0 spiro atoms. The van der Waals surface area contributed by atoms with E-state index in [0.717, 1.165) is 18.5 Å². The topological polar surface area (TPSA) is 20.3 Å². The molecule has 0 radical (unpaired) electrons. The molecule has 2 aromatic rings. The Hall–Kier alpha value is -1.87. The summed E-state index contributed by atoms with van der Waals surface area (Å²) in [7, 11) is 0. The second kappa shape index (κ2) is 5.63. The van der Waals surface area contributed by atoms with E-state index in [1.54, 1.807) is 17.4 Å². The van der Waals surface area contributed by atoms with Gasteiger partial charge in [0.05, 0.1) is 6.04 Å². The standard InChI is InChI=1S/C17H17NOS/c1-13-15-10-12-20-16(15)9-11-18(13)17(19)8-7-14-5-3-2-4-6-14/h2-8,10,12-13H,9,11H2,1H3/b8-7+/t13-/m0/s1. The molecule has 1 aliphatic rings. The Labute approximate surface area is 123 Å². The van der Waals surface area contributed by atoms with Crippen molar-refractivity contribution in [3.05, 3.63) is 63.9 Å². The minimum Gasteiger partial charge on any atom is -0.332 e. The maximum atomic E-state index is 12.4. The van der Waals surface area contributed by atoms with Crippen molar-refractivity contribution in [1.29, 1.82) is 0 Å². The van der Waals surface area contributed by atoms with Crippen molar-refractivity contribution in [3.63, 3.8) is 0 Å². The van der Waals surface area contributed by atoms with Gasteiger partial charge < -0.3 is 4.90 Å². The fourth-order valence-corrected chi connectivity index (χ4v) is 3.60. The average Bonchev–Trinajstić information content (AvgIpc) is 2.96. The molecule has 1 aromatic heterocycles. The first-order chi connectivity index (χ1) is 9.75. The number of benzene rings is 1. The summed E-state index contributed by atoms with van der Waals surface area (Å²) in [5.74, 6) is 0.0956. The first kappa shape index (κ1) is 13.1. The van der Waals surface area contributed by atoms with Crippen LogP contribution in [0.25, 0.3) is 6.08 Å². The van der Waals surface area contributed by atoms with Gasteiger partial charge in [-0.1, -0.05) is 30.3 Å². The number of carbonyl (C=O) groups is 1. The second-order valence-corrected chi connectivity index (χ2v) is 6.00. The highest BCUT2D eigenvalue weighted by Gasteiger charge is 2.26. The quantitative estimate of drug-likeness (QED) is 0.765. The van der Waals surface area contributed by atoms with Crippen molar-refractivity contribution < 1.29 is 4.79 Å². The van der Waals surface area contributed by atoms with Crippen molar-refractivity contribution in [1.82, 2.24) is 4.90 Å². The van der Waals surface area contributed by atoms with Crippen molar-refractivity contribution in [2.24, 2.45) is 0 Å². The molecular formula is C17H17NOS. The van der Waals surface area contributed by atoms with Gasteiger partial charge in [-0.15, -0.1) is 11.3 Å². The molecule has 1 aliphatic heterocycles. The van der Waals surface area contributed by atoms with E-state index in [4.69, 9.17) is 0 Å². The number of amides is 1. The van der Waals surface area contributed by atoms with Crippen LogP contribution in [0.15, 0.2) is 47.9 Å². The summed E-state index contributed by atoms with van der Waals surface area (Å²) in [6.45, 7) is 2.92. The lowest BCUT2D eigenvalue weighted by Gasteiger charge is -2.32. The SMILES string of the molecule is C[C@H]1c2ccsc2CCN1C(=O)/C=C/c1ccccc1. The highest BCUT2D eigenvalue weighted by molar-refractivity contribution is 7.10. The molecule has 0 saturated heterocycles. The summed E-state index contributed by atoms with van der Waals surface area (Å²) in [5.41, 5.74) is 2.37. The Bertz CT molecular complexity index is 629. The number of thiophene rings is 1. The summed E-state index contributed by atoms with van der Waals surface area (Å²) in [5, 5.41) is 2.12. The molecule has 20 heavy (non-hydrogen) atoms. The molecule has 1 amide bonds. The van der Waals surface area contributed by atoms with Crippen LogP contribution in [-0.4, -0.2) is 17.4 Å². The molecule has 1 aromatic carbocycles. The fourth-order valence-electron chi connectivity index (χ4n) is 2.64. The minimum atomic E-state index is 0.0956. The molecule has 0 unspecified atom stereocenters. The Balaban J connectivity index is 1.74. The fraction of sp³-hybridized carbons (Fsp3) is 0.235. The molecule has 0 aliphatic carbocycles. The van der Waals surface area contributed by atoms with Gasteiger partial charge in [0.2, 0.25) is 5.91 Å². The Morgan fingerprint density at radius 3 is 2.90 bits per heavy atom. The number of rotatable bonds is 2. The molecule has 2 heterocycles. The van der Waals surface area contributed by atoms with Gasteiger partial charge in [-0.3, -0.25) is 4.79 Å². The van der Waals surface area contributed by atoms with Crippen molar-refractivity contribution >= 4 is 23.3 Å². The van der Waals surface area contributed by atoms with Crippen molar-refractivity contribution in [3.8, 4) is 0 Å². The van der Waals surface area contributed by atoms with Crippen LogP contribution < -0.4 is 0 Å². The highest BCUT2D eigenvalue weighted by atomic mass is 32.1. The van der Waals surface area contributed by atoms with Crippen molar-refractivity contribution in [2.75, 3.05) is 6.54 Å². The molecule has 0 saturated carbocycles. The summed E-state index contributed by atoms with van der Waals surface area (Å²) in [6, 6.07) is 12.3. The van der Waals surface area contributed by atoms with E-state index in [-0.39, 0.29) is 11.9 Å². The third kappa shape index (κ3) is 2.54. The third-order valence-electron chi connectivity index (χ3n) is 3.78. The molecule has 2 nitrogen and oxygen atoms in total. The van der Waals surface area contributed by atoms with Crippen LogP contribution in [0.1, 0.15) is 29.0 Å². The normalized spacial score (nSPS) is 18.2. The monoisotopic (exact) mass is 283 g/mol. The largest absolute Gasteiger partial charge is 0.332 e. The van der Waals surface area contributed by atoms with Crippen LogP contribution in [0.5, 0.6) is 0 Å². The summed E-state index contributed by atoms with van der Waals surface area (Å²) >= 11 is 1.80. The van der Waals surface area contributed by atoms with Gasteiger partial charge in [-0.25, -0.2) is 0 Å². The highest BCUT2D eigenvalue weighted by Crippen LogP contribution is 2.32. The lowest BCUT2D eigenvalue weighted by molar-refractivity contribution is -0.128. The van der Waals surface area contributed by atoms with Crippen molar-refractivity contribution in [2.45, 2.75) is 19.4 Å². The van der Waals surface area contributed by atoms with Gasteiger partial charge in [-0.2, -0.15) is 0 Å². The molecule has 3 rings (SSSR count). The molecule has 0 N–H and O–H groups in total. The molecule has 102 valence electrons. The van der Waals surface area contributed by atoms with E-state index in [9.17, 15) is 4.79 Å². The first-order valence-electron chi connectivity index (χ1n) is 6.85. The van der Waals surface area contributed by atoms with Gasteiger partial charge in [0.15, 0.2) is 0 Å². The lowest BCUT2D eigenvalue weighted by atomic mass is 10.0. The lowest BCUT2D eigenvalue weighted by Crippen LogP contribution is -2.37. The van der Waals surface area contributed by atoms with Gasteiger partial charge in [0.1, 0.15) is 0 Å². The minimum absolute atomic E-state index is 0.0956. The first-order valence-corrected chi connectivity index (χ1v) is 7.73. The summed E-state index contributed by atoms with van der Waals surface area (Å²) in [6.07, 6.45) is 4.55. The smallest absolute Gasteiger partial charge is 0.247 e. The van der Waals surface area contributed by atoms with Crippen LogP contribution in [-0.2, 0) is 11.2 Å². The van der Waals surface area contributed by atoms with Crippen LogP contribution in [0.2, 0.25) is 0 Å². The molecule has 3 heteroatoms. The number of carbonyl (C=O) groups excluding carboxylic acids is 1. The second-order valence-electron chi connectivity index (χ2n) is 5.00. The van der Waals surface area contributed by atoms with Crippen LogP contribution in [0.4, 0.5) is 0 Å². The van der Waals surface area contributed by atoms with E-state index < -0.39 is 0 Å². The molecular weight excluding hydrogens is 266 g/mol. The number of hydrogen-bond donors (Lipinski definition) is 0. The predicted octanol–water partition coefficient (Wildman–Crippen LogP) is 3.91. The number of nitrogens with zero attached hydrogens (tertiary/aromatic N) is 1. The average molecular weight is 283 g/mol. The molecule has 0 bridgehead atoms. The Kier molecular flexibility index (Phi) is 3.70. The van der Waals surface area contributed by atoms with Crippen LogP contribution in [0.3, 0.4) is 0 Å². The van der Waals surface area contributed by atoms with Gasteiger partial charge in [0, 0.05) is 17.5 Å². The zero-order valence-electron chi connectivity index (χ0n) is 11.5. The van der Waals surface area contributed by atoms with E-state index in [1.807, 2.05) is 41.3 Å². The Morgan fingerprint density at radius 1 is 1.30 bits per heavy atom. The predicted molar refractivity (Wildman–Crippen MR) is 83.6 cm³/mol. The third-order valence-corrected chi connectivity index (χ3v) is 4.77. The summed E-state index contributed by atoms with van der Waals surface area (Å²) in [4.78, 5) is 15.7. The molecule has 1 atom stereocenters. The zero-order chi connectivity index (χ0) is 13.9. The van der Waals surface area contributed by atoms with Gasteiger partial charge in [0.25, 0.3) is 0 Å². The van der Waals surface area contributed by atoms with E-state index in [2.05, 4.69) is 18.4 Å². The Morgan fingerprint density at radius 2 is 2.10 bits per heavy atom. The zero-order valence-corrected chi connectivity index (χ0v) is 12.3. The summed E-state index contributed by atoms with van der Waals surface area (Å²) < 4.78 is 0. The van der Waals surface area contributed by atoms with E-state index in [0.29, 0.717) is 0 Å². The van der Waals surface area contributed by atoms with Gasteiger partial charge in [-0.05, 0) is 42.0 Å². The maximum absolute atomic E-state index is 12.4. The maximum Gasteiger partial charge on any atom is 0.247 e. The van der Waals surface area contributed by atoms with Gasteiger partial charge >= 0.3 is 0 Å². The van der Waals surface area contributed by atoms with Crippen LogP contribution >= 0.6 is 11.3 Å². The van der Waals surface area contributed by atoms with E-state index in [1.165, 1.54) is 10.4 Å². The van der Waals surface area contributed by atoms with Crippen LogP contribution in [0, 0.1) is 0 Å². The number of hydrogen-bond acceptors (Lipinski definition) is 2. The molecule has 0 fully saturated rings.